The molecule has 160 valence electrons. The molecule has 0 radical (unpaired) electrons. The van der Waals surface area contributed by atoms with E-state index in [4.69, 9.17) is 9.73 Å². The number of fused-ring (bicyclic) bond motifs is 9. The normalized spacial score (nSPS) is 14.2. The molecule has 0 N–H and O–H groups in total. The fraction of sp³-hybridized carbons (Fsp3) is 0.0312. The largest absolute Gasteiger partial charge is 0.457 e. The number of aliphatic imine (C=N–C) groups is 1. The summed E-state index contributed by atoms with van der Waals surface area (Å²) in [6.45, 7) is 0. The van der Waals surface area contributed by atoms with E-state index in [-0.39, 0.29) is 0 Å². The van der Waals surface area contributed by atoms with Crippen LogP contribution >= 0.6 is 0 Å². The van der Waals surface area contributed by atoms with E-state index in [1.54, 1.807) is 0 Å². The monoisotopic (exact) mass is 435 g/mol. The van der Waals surface area contributed by atoms with Crippen molar-refractivity contribution in [3.05, 3.63) is 149 Å². The minimum Gasteiger partial charge on any atom is -0.457 e. The van der Waals surface area contributed by atoms with E-state index in [0.717, 1.165) is 28.3 Å². The van der Waals surface area contributed by atoms with Crippen molar-refractivity contribution in [3.8, 4) is 22.6 Å². The van der Waals surface area contributed by atoms with E-state index in [0.29, 0.717) is 0 Å². The van der Waals surface area contributed by atoms with Crippen molar-refractivity contribution < 1.29 is 4.74 Å². The van der Waals surface area contributed by atoms with Gasteiger partial charge in [-0.3, -0.25) is 4.99 Å². The van der Waals surface area contributed by atoms with Crippen LogP contribution in [0.4, 0.5) is 5.69 Å². The van der Waals surface area contributed by atoms with E-state index < -0.39 is 5.41 Å². The fourth-order valence-electron chi connectivity index (χ4n) is 5.62. The molecule has 0 atom stereocenters. The molecular formula is C32H21NO. The van der Waals surface area contributed by atoms with Crippen LogP contribution < -0.4 is 4.74 Å². The molecule has 0 bridgehead atoms. The van der Waals surface area contributed by atoms with Crippen molar-refractivity contribution in [3.63, 3.8) is 0 Å². The third kappa shape index (κ3) is 2.60. The summed E-state index contributed by atoms with van der Waals surface area (Å²) >= 11 is 0. The van der Waals surface area contributed by atoms with Gasteiger partial charge in [-0.2, -0.15) is 0 Å². The summed E-state index contributed by atoms with van der Waals surface area (Å²) in [6, 6.07) is 42.5. The summed E-state index contributed by atoms with van der Waals surface area (Å²) in [4.78, 5) is 4.74. The van der Waals surface area contributed by atoms with E-state index in [2.05, 4.69) is 97.1 Å². The Hall–Kier alpha value is -4.43. The van der Waals surface area contributed by atoms with Crippen LogP contribution in [0.5, 0.6) is 11.5 Å². The van der Waals surface area contributed by atoms with Crippen LogP contribution in [0.15, 0.2) is 126 Å². The summed E-state index contributed by atoms with van der Waals surface area (Å²) in [7, 11) is 0. The highest BCUT2D eigenvalue weighted by Crippen LogP contribution is 2.62. The minimum atomic E-state index is -0.418. The maximum atomic E-state index is 6.51. The first kappa shape index (κ1) is 19.1. The molecule has 0 unspecified atom stereocenters. The van der Waals surface area contributed by atoms with Crippen molar-refractivity contribution in [1.29, 1.82) is 0 Å². The van der Waals surface area contributed by atoms with E-state index >= 15 is 0 Å². The van der Waals surface area contributed by atoms with E-state index in [1.165, 1.54) is 27.8 Å². The Labute approximate surface area is 198 Å². The van der Waals surface area contributed by atoms with Gasteiger partial charge in [0.2, 0.25) is 0 Å². The number of hydrogen-bond acceptors (Lipinski definition) is 2. The molecule has 1 aliphatic carbocycles. The van der Waals surface area contributed by atoms with E-state index in [9.17, 15) is 0 Å². The highest BCUT2D eigenvalue weighted by Gasteiger charge is 2.50. The number of rotatable bonds is 2. The van der Waals surface area contributed by atoms with Crippen LogP contribution in [0.3, 0.4) is 0 Å². The second-order valence-corrected chi connectivity index (χ2v) is 8.79. The van der Waals surface area contributed by atoms with Gasteiger partial charge in [0.1, 0.15) is 11.5 Å². The number of nitrogens with zero attached hydrogens (tertiary/aromatic N) is 1. The first-order valence-electron chi connectivity index (χ1n) is 11.6. The molecule has 0 saturated carbocycles. The molecule has 2 aliphatic rings. The molecule has 0 saturated heterocycles. The summed E-state index contributed by atoms with van der Waals surface area (Å²) in [5.41, 5.74) is 9.03. The van der Waals surface area contributed by atoms with Crippen LogP contribution in [-0.4, -0.2) is 6.21 Å². The van der Waals surface area contributed by atoms with Gasteiger partial charge in [0.05, 0.1) is 11.1 Å². The maximum absolute atomic E-state index is 6.51. The predicted molar refractivity (Wildman–Crippen MR) is 138 cm³/mol. The molecule has 5 aromatic rings. The second kappa shape index (κ2) is 7.29. The highest BCUT2D eigenvalue weighted by molar-refractivity contribution is 5.89. The Morgan fingerprint density at radius 3 is 1.85 bits per heavy atom. The SMILES string of the molecule is C(=N\c1ccc2c(c1)Oc1ccccc1C21c2ccccc2-c2ccccc21)/c1ccccc1. The maximum Gasteiger partial charge on any atom is 0.134 e. The average molecular weight is 436 g/mol. The number of para-hydroxylation sites is 1. The molecule has 0 aromatic heterocycles. The van der Waals surface area contributed by atoms with Gasteiger partial charge in [-0.05, 0) is 39.9 Å². The van der Waals surface area contributed by atoms with Crippen molar-refractivity contribution in [2.75, 3.05) is 0 Å². The lowest BCUT2D eigenvalue weighted by Crippen LogP contribution is -2.32. The summed E-state index contributed by atoms with van der Waals surface area (Å²) in [5.74, 6) is 1.75. The molecule has 7 rings (SSSR count). The topological polar surface area (TPSA) is 21.6 Å². The smallest absolute Gasteiger partial charge is 0.134 e. The van der Waals surface area contributed by atoms with Gasteiger partial charge in [-0.25, -0.2) is 0 Å². The van der Waals surface area contributed by atoms with Crippen molar-refractivity contribution in [1.82, 2.24) is 0 Å². The van der Waals surface area contributed by atoms with Crippen LogP contribution in [0, 0.1) is 0 Å². The Morgan fingerprint density at radius 1 is 0.529 bits per heavy atom. The van der Waals surface area contributed by atoms with Crippen molar-refractivity contribution in [2.24, 2.45) is 4.99 Å². The van der Waals surface area contributed by atoms with Crippen LogP contribution in [0.25, 0.3) is 11.1 Å². The summed E-state index contributed by atoms with van der Waals surface area (Å²) < 4.78 is 6.51. The molecule has 34 heavy (non-hydrogen) atoms. The van der Waals surface area contributed by atoms with Gasteiger partial charge >= 0.3 is 0 Å². The first-order chi connectivity index (χ1) is 16.9. The van der Waals surface area contributed by atoms with E-state index in [1.807, 2.05) is 30.5 Å². The van der Waals surface area contributed by atoms with Crippen molar-refractivity contribution >= 4 is 11.9 Å². The zero-order valence-corrected chi connectivity index (χ0v) is 18.5. The quantitative estimate of drug-likeness (QED) is 0.253. The molecule has 1 spiro atoms. The van der Waals surface area contributed by atoms with Gasteiger partial charge in [-0.15, -0.1) is 0 Å². The molecule has 5 aromatic carbocycles. The van der Waals surface area contributed by atoms with Crippen molar-refractivity contribution in [2.45, 2.75) is 5.41 Å². The minimum absolute atomic E-state index is 0.418. The van der Waals surface area contributed by atoms with Crippen LogP contribution in [-0.2, 0) is 5.41 Å². The standard InChI is InChI=1S/C32H21NO/c1-2-10-22(11-3-1)21-33-23-18-19-29-31(20-23)34-30-17-9-8-16-28(30)32(29)26-14-6-4-12-24(26)25-13-5-7-15-27(25)32/h1-21H/b33-21+. The predicted octanol–water partition coefficient (Wildman–Crippen LogP) is 7.91. The van der Waals surface area contributed by atoms with Gasteiger partial charge < -0.3 is 4.74 Å². The lowest BCUT2D eigenvalue weighted by atomic mass is 9.66. The van der Waals surface area contributed by atoms with Crippen LogP contribution in [0.1, 0.15) is 27.8 Å². The first-order valence-corrected chi connectivity index (χ1v) is 11.6. The fourth-order valence-corrected chi connectivity index (χ4v) is 5.62. The van der Waals surface area contributed by atoms with Gasteiger partial charge in [0.15, 0.2) is 0 Å². The van der Waals surface area contributed by atoms with Gasteiger partial charge in [-0.1, -0.05) is 103 Å². The summed E-state index contributed by atoms with van der Waals surface area (Å²) in [6.07, 6.45) is 1.90. The molecule has 2 nitrogen and oxygen atoms in total. The Morgan fingerprint density at radius 2 is 1.12 bits per heavy atom. The lowest BCUT2D eigenvalue weighted by molar-refractivity contribution is 0.436. The molecule has 1 aliphatic heterocycles. The molecule has 0 fully saturated rings. The lowest BCUT2D eigenvalue weighted by Gasteiger charge is -2.39. The third-order valence-corrected chi connectivity index (χ3v) is 6.99. The number of hydrogen-bond donors (Lipinski definition) is 0. The number of ether oxygens (including phenoxy) is 1. The zero-order chi connectivity index (χ0) is 22.5. The average Bonchev–Trinajstić information content (AvgIpc) is 3.19. The summed E-state index contributed by atoms with van der Waals surface area (Å²) in [5, 5.41) is 0. The molecular weight excluding hydrogens is 414 g/mol. The second-order valence-electron chi connectivity index (χ2n) is 8.79. The van der Waals surface area contributed by atoms with Crippen LogP contribution in [0.2, 0.25) is 0 Å². The Bertz CT molecular complexity index is 1540. The Kier molecular flexibility index (Phi) is 4.09. The van der Waals surface area contributed by atoms with Gasteiger partial charge in [0, 0.05) is 23.4 Å². The highest BCUT2D eigenvalue weighted by atomic mass is 16.5. The molecule has 2 heteroatoms. The zero-order valence-electron chi connectivity index (χ0n) is 18.5. The number of benzene rings is 5. The molecule has 1 heterocycles. The third-order valence-electron chi connectivity index (χ3n) is 6.99. The molecule has 0 amide bonds. The Balaban J connectivity index is 1.49. The van der Waals surface area contributed by atoms with Gasteiger partial charge in [0.25, 0.3) is 0 Å².